The second-order valence-corrected chi connectivity index (χ2v) is 7.54. The number of hydrogen-bond donors (Lipinski definition) is 0. The molecule has 0 aliphatic carbocycles. The Morgan fingerprint density at radius 2 is 2.00 bits per heavy atom. The topological polar surface area (TPSA) is 60.8 Å². The molecule has 1 saturated heterocycles. The number of aromatic nitrogens is 1. The Balaban J connectivity index is 1.68. The molecule has 1 amide bonds. The number of benzene rings is 1. The van der Waals surface area contributed by atoms with Crippen LogP contribution in [0.25, 0.3) is 0 Å². The SMILES string of the molecule is Cc1cc(OCc2ccc(F)cc2F)c(Br)c(=O)n1C/C=C/C(=O)N1CCOCC1. The second-order valence-electron chi connectivity index (χ2n) is 6.74. The van der Waals surface area contributed by atoms with Gasteiger partial charge in [0.2, 0.25) is 5.91 Å². The van der Waals surface area contributed by atoms with Crippen molar-refractivity contribution in [2.75, 3.05) is 26.3 Å². The molecule has 0 spiro atoms. The van der Waals surface area contributed by atoms with Crippen molar-refractivity contribution in [2.24, 2.45) is 0 Å². The fourth-order valence-electron chi connectivity index (χ4n) is 2.99. The van der Waals surface area contributed by atoms with Gasteiger partial charge in [-0.1, -0.05) is 6.08 Å². The number of allylic oxidation sites excluding steroid dienone is 1. The number of carbonyl (C=O) groups is 1. The fraction of sp³-hybridized carbons (Fsp3) is 0.333. The Morgan fingerprint density at radius 1 is 1.27 bits per heavy atom. The molecule has 0 bridgehead atoms. The minimum absolute atomic E-state index is 0.121. The third kappa shape index (κ3) is 5.34. The number of aryl methyl sites for hydroxylation is 1. The summed E-state index contributed by atoms with van der Waals surface area (Å²) >= 11 is 3.23. The van der Waals surface area contributed by atoms with Crippen molar-refractivity contribution in [1.82, 2.24) is 9.47 Å². The highest BCUT2D eigenvalue weighted by Crippen LogP contribution is 2.24. The largest absolute Gasteiger partial charge is 0.487 e. The standard InChI is InChI=1S/C21H21BrF2N2O4/c1-14-11-18(30-13-15-4-5-16(23)12-17(15)24)20(22)21(28)26(14)6-2-3-19(27)25-7-9-29-10-8-25/h2-5,11-12H,6-10,13H2,1H3/b3-2+. The molecule has 3 rings (SSSR count). The van der Waals surface area contributed by atoms with E-state index in [-0.39, 0.29) is 40.4 Å². The highest BCUT2D eigenvalue weighted by atomic mass is 79.9. The van der Waals surface area contributed by atoms with E-state index in [2.05, 4.69) is 15.9 Å². The van der Waals surface area contributed by atoms with Crippen molar-refractivity contribution in [3.63, 3.8) is 0 Å². The Labute approximate surface area is 180 Å². The van der Waals surface area contributed by atoms with E-state index >= 15 is 0 Å². The summed E-state index contributed by atoms with van der Waals surface area (Å²) in [4.78, 5) is 26.5. The average Bonchev–Trinajstić information content (AvgIpc) is 2.73. The smallest absolute Gasteiger partial charge is 0.269 e. The van der Waals surface area contributed by atoms with Crippen LogP contribution < -0.4 is 10.3 Å². The molecule has 2 aromatic rings. The van der Waals surface area contributed by atoms with Gasteiger partial charge in [-0.2, -0.15) is 0 Å². The number of morpholine rings is 1. The Kier molecular flexibility index (Phi) is 7.38. The summed E-state index contributed by atoms with van der Waals surface area (Å²) in [5.41, 5.74) is 0.448. The lowest BCUT2D eigenvalue weighted by Gasteiger charge is -2.25. The predicted octanol–water partition coefficient (Wildman–Crippen LogP) is 3.19. The van der Waals surface area contributed by atoms with E-state index in [4.69, 9.17) is 9.47 Å². The number of ether oxygens (including phenoxy) is 2. The van der Waals surface area contributed by atoms with Crippen LogP contribution in [0, 0.1) is 18.6 Å². The van der Waals surface area contributed by atoms with E-state index in [0.29, 0.717) is 32.0 Å². The molecule has 0 N–H and O–H groups in total. The van der Waals surface area contributed by atoms with Crippen LogP contribution in [0.3, 0.4) is 0 Å². The maximum atomic E-state index is 13.8. The summed E-state index contributed by atoms with van der Waals surface area (Å²) < 4.78 is 39.2. The van der Waals surface area contributed by atoms with Gasteiger partial charge < -0.3 is 18.9 Å². The molecule has 30 heavy (non-hydrogen) atoms. The van der Waals surface area contributed by atoms with E-state index in [1.165, 1.54) is 16.7 Å². The monoisotopic (exact) mass is 482 g/mol. The molecule has 160 valence electrons. The van der Waals surface area contributed by atoms with Crippen LogP contribution in [-0.2, 0) is 22.7 Å². The summed E-state index contributed by atoms with van der Waals surface area (Å²) in [5, 5.41) is 0. The van der Waals surface area contributed by atoms with Crippen LogP contribution in [0.15, 0.2) is 45.7 Å². The van der Waals surface area contributed by atoms with E-state index in [1.54, 1.807) is 24.0 Å². The van der Waals surface area contributed by atoms with Gasteiger partial charge in [0.25, 0.3) is 5.56 Å². The van der Waals surface area contributed by atoms with E-state index < -0.39 is 11.6 Å². The molecule has 0 radical (unpaired) electrons. The minimum Gasteiger partial charge on any atom is -0.487 e. The molecule has 0 unspecified atom stereocenters. The first-order chi connectivity index (χ1) is 14.4. The molecule has 1 fully saturated rings. The second kappa shape index (κ2) is 9.99. The van der Waals surface area contributed by atoms with Gasteiger partial charge in [-0.05, 0) is 35.0 Å². The Bertz CT molecular complexity index is 1020. The lowest BCUT2D eigenvalue weighted by Crippen LogP contribution is -2.39. The van der Waals surface area contributed by atoms with Crippen molar-refractivity contribution in [2.45, 2.75) is 20.1 Å². The zero-order chi connectivity index (χ0) is 21.7. The average molecular weight is 483 g/mol. The molecule has 0 saturated carbocycles. The van der Waals surface area contributed by atoms with E-state index in [1.807, 2.05) is 0 Å². The van der Waals surface area contributed by atoms with Gasteiger partial charge in [-0.3, -0.25) is 9.59 Å². The van der Waals surface area contributed by atoms with Gasteiger partial charge in [0.05, 0.1) is 13.2 Å². The maximum absolute atomic E-state index is 13.8. The number of rotatable bonds is 6. The van der Waals surface area contributed by atoms with Crippen LogP contribution in [0.5, 0.6) is 5.75 Å². The summed E-state index contributed by atoms with van der Waals surface area (Å²) in [6.45, 7) is 3.94. The number of hydrogen-bond acceptors (Lipinski definition) is 4. The predicted molar refractivity (Wildman–Crippen MR) is 110 cm³/mol. The first kappa shape index (κ1) is 22.2. The lowest BCUT2D eigenvalue weighted by atomic mass is 10.2. The molecule has 1 aromatic carbocycles. The van der Waals surface area contributed by atoms with Gasteiger partial charge >= 0.3 is 0 Å². The number of pyridine rings is 1. The first-order valence-corrected chi connectivity index (χ1v) is 10.2. The number of amides is 1. The number of halogens is 3. The minimum atomic E-state index is -0.716. The van der Waals surface area contributed by atoms with Crippen LogP contribution in [0.1, 0.15) is 11.3 Å². The van der Waals surface area contributed by atoms with Crippen LogP contribution >= 0.6 is 15.9 Å². The number of carbonyl (C=O) groups excluding carboxylic acids is 1. The molecule has 0 atom stereocenters. The van der Waals surface area contributed by atoms with Crippen molar-refractivity contribution >= 4 is 21.8 Å². The quantitative estimate of drug-likeness (QED) is 0.593. The van der Waals surface area contributed by atoms with Crippen molar-refractivity contribution in [3.05, 3.63) is 74.1 Å². The summed E-state index contributed by atoms with van der Waals surface area (Å²) in [7, 11) is 0. The third-order valence-corrected chi connectivity index (χ3v) is 5.41. The maximum Gasteiger partial charge on any atom is 0.269 e. The van der Waals surface area contributed by atoms with Crippen LogP contribution in [-0.4, -0.2) is 41.7 Å². The van der Waals surface area contributed by atoms with Crippen molar-refractivity contribution in [1.29, 1.82) is 0 Å². The van der Waals surface area contributed by atoms with Gasteiger partial charge in [0.1, 0.15) is 28.5 Å². The van der Waals surface area contributed by atoms with Gasteiger partial charge in [0, 0.05) is 49.1 Å². The molecule has 1 aliphatic heterocycles. The van der Waals surface area contributed by atoms with Gasteiger partial charge in [-0.15, -0.1) is 0 Å². The molecule has 1 aliphatic rings. The lowest BCUT2D eigenvalue weighted by molar-refractivity contribution is -0.129. The van der Waals surface area contributed by atoms with Crippen LogP contribution in [0.2, 0.25) is 0 Å². The van der Waals surface area contributed by atoms with Gasteiger partial charge in [-0.25, -0.2) is 8.78 Å². The van der Waals surface area contributed by atoms with E-state index in [0.717, 1.165) is 12.1 Å². The Hall–Kier alpha value is -2.52. The van der Waals surface area contributed by atoms with Gasteiger partial charge in [0.15, 0.2) is 0 Å². The summed E-state index contributed by atoms with van der Waals surface area (Å²) in [5.74, 6) is -1.25. The number of nitrogens with zero attached hydrogens (tertiary/aromatic N) is 2. The summed E-state index contributed by atoms with van der Waals surface area (Å²) in [6.07, 6.45) is 3.08. The fourth-order valence-corrected chi connectivity index (χ4v) is 3.43. The molecule has 1 aromatic heterocycles. The van der Waals surface area contributed by atoms with Crippen molar-refractivity contribution < 1.29 is 23.0 Å². The normalized spacial score (nSPS) is 14.3. The summed E-state index contributed by atoms with van der Waals surface area (Å²) in [6, 6.07) is 4.86. The highest BCUT2D eigenvalue weighted by molar-refractivity contribution is 9.10. The zero-order valence-corrected chi connectivity index (χ0v) is 18.0. The zero-order valence-electron chi connectivity index (χ0n) is 16.4. The molecule has 2 heterocycles. The molecular formula is C21H21BrF2N2O4. The molecule has 9 heteroatoms. The molecular weight excluding hydrogens is 462 g/mol. The molecule has 6 nitrogen and oxygen atoms in total. The highest BCUT2D eigenvalue weighted by Gasteiger charge is 2.15. The first-order valence-electron chi connectivity index (χ1n) is 9.36. The van der Waals surface area contributed by atoms with Crippen LogP contribution in [0.4, 0.5) is 8.78 Å². The third-order valence-electron chi connectivity index (χ3n) is 4.68. The Morgan fingerprint density at radius 3 is 2.70 bits per heavy atom. The van der Waals surface area contributed by atoms with E-state index in [9.17, 15) is 18.4 Å². The van der Waals surface area contributed by atoms with Crippen molar-refractivity contribution in [3.8, 4) is 5.75 Å².